The number of hydrogen-bond donors (Lipinski definition) is 2. The number of nitrogens with two attached hydrogens (primary N) is 1. The average Bonchev–Trinajstić information content (AvgIpc) is 2.36. The summed E-state index contributed by atoms with van der Waals surface area (Å²) in [6.07, 6.45) is 0. The van der Waals surface area contributed by atoms with Crippen molar-refractivity contribution in [2.24, 2.45) is 5.73 Å². The molecule has 0 aromatic heterocycles. The zero-order valence-corrected chi connectivity index (χ0v) is 11.3. The standard InChI is InChI=1S/C11H23N3O4/c1-9(8-18-3)14(4-5-17-2)11(16)7-13-10(15)6-12/h9H,4-8,12H2,1-3H3,(H,13,15). The third-order valence-electron chi connectivity index (χ3n) is 2.42. The maximum Gasteiger partial charge on any atom is 0.242 e. The molecule has 0 saturated carbocycles. The molecule has 0 aliphatic heterocycles. The van der Waals surface area contributed by atoms with Gasteiger partial charge in [0.2, 0.25) is 11.8 Å². The van der Waals surface area contributed by atoms with Gasteiger partial charge in [-0.2, -0.15) is 0 Å². The quantitative estimate of drug-likeness (QED) is 0.531. The maximum atomic E-state index is 11.9. The molecule has 7 nitrogen and oxygen atoms in total. The molecule has 0 saturated heterocycles. The Morgan fingerprint density at radius 1 is 1.33 bits per heavy atom. The van der Waals surface area contributed by atoms with E-state index in [4.69, 9.17) is 15.2 Å². The molecule has 3 N–H and O–H groups in total. The molecule has 0 aromatic rings. The summed E-state index contributed by atoms with van der Waals surface area (Å²) < 4.78 is 9.97. The topological polar surface area (TPSA) is 93.9 Å². The van der Waals surface area contributed by atoms with Crippen LogP contribution in [0, 0.1) is 0 Å². The van der Waals surface area contributed by atoms with Crippen LogP contribution in [0.15, 0.2) is 0 Å². The first kappa shape index (κ1) is 16.8. The number of hydrogen-bond acceptors (Lipinski definition) is 5. The summed E-state index contributed by atoms with van der Waals surface area (Å²) in [5.41, 5.74) is 5.15. The maximum absolute atomic E-state index is 11.9. The minimum Gasteiger partial charge on any atom is -0.383 e. The van der Waals surface area contributed by atoms with Gasteiger partial charge in [0.25, 0.3) is 0 Å². The van der Waals surface area contributed by atoms with E-state index >= 15 is 0 Å². The second kappa shape index (κ2) is 9.81. The smallest absolute Gasteiger partial charge is 0.242 e. The van der Waals surface area contributed by atoms with E-state index in [1.54, 1.807) is 19.1 Å². The van der Waals surface area contributed by atoms with Crippen LogP contribution in [0.25, 0.3) is 0 Å². The van der Waals surface area contributed by atoms with Crippen molar-refractivity contribution in [3.8, 4) is 0 Å². The SMILES string of the molecule is COCCN(C(=O)CNC(=O)CN)C(C)COC. The number of amides is 2. The molecule has 0 aliphatic rings. The van der Waals surface area contributed by atoms with Crippen LogP contribution in [0.3, 0.4) is 0 Å². The van der Waals surface area contributed by atoms with Crippen molar-refractivity contribution in [1.29, 1.82) is 0 Å². The van der Waals surface area contributed by atoms with Crippen molar-refractivity contribution < 1.29 is 19.1 Å². The fourth-order valence-corrected chi connectivity index (χ4v) is 1.46. The molecule has 0 aliphatic carbocycles. The fourth-order valence-electron chi connectivity index (χ4n) is 1.46. The summed E-state index contributed by atoms with van der Waals surface area (Å²) in [5, 5.41) is 2.45. The second-order valence-electron chi connectivity index (χ2n) is 3.87. The van der Waals surface area contributed by atoms with Crippen molar-refractivity contribution in [3.05, 3.63) is 0 Å². The van der Waals surface area contributed by atoms with E-state index in [0.29, 0.717) is 19.8 Å². The molecule has 0 bridgehead atoms. The number of carbonyl (C=O) groups is 2. The monoisotopic (exact) mass is 261 g/mol. The predicted octanol–water partition coefficient (Wildman–Crippen LogP) is -1.43. The summed E-state index contributed by atoms with van der Waals surface area (Å²) >= 11 is 0. The summed E-state index contributed by atoms with van der Waals surface area (Å²) in [6, 6.07) is -0.0765. The lowest BCUT2D eigenvalue weighted by molar-refractivity contribution is -0.135. The Kier molecular flexibility index (Phi) is 9.17. The lowest BCUT2D eigenvalue weighted by atomic mass is 10.3. The molecule has 18 heavy (non-hydrogen) atoms. The van der Waals surface area contributed by atoms with E-state index in [2.05, 4.69) is 5.32 Å². The van der Waals surface area contributed by atoms with Gasteiger partial charge < -0.3 is 25.4 Å². The van der Waals surface area contributed by atoms with E-state index in [0.717, 1.165) is 0 Å². The molecule has 0 radical (unpaired) electrons. The molecule has 106 valence electrons. The Bertz CT molecular complexity index is 261. The Hall–Kier alpha value is -1.18. The Morgan fingerprint density at radius 2 is 2.00 bits per heavy atom. The van der Waals surface area contributed by atoms with Crippen molar-refractivity contribution in [1.82, 2.24) is 10.2 Å². The second-order valence-corrected chi connectivity index (χ2v) is 3.87. The molecule has 2 amide bonds. The van der Waals surface area contributed by atoms with E-state index < -0.39 is 0 Å². The zero-order chi connectivity index (χ0) is 14.0. The minimum absolute atomic E-state index is 0.0617. The highest BCUT2D eigenvalue weighted by Crippen LogP contribution is 2.00. The van der Waals surface area contributed by atoms with E-state index in [1.165, 1.54) is 0 Å². The van der Waals surface area contributed by atoms with Crippen LogP contribution in [-0.2, 0) is 19.1 Å². The van der Waals surface area contributed by atoms with Crippen molar-refractivity contribution in [2.45, 2.75) is 13.0 Å². The largest absolute Gasteiger partial charge is 0.383 e. The van der Waals surface area contributed by atoms with Crippen LogP contribution in [-0.4, -0.2) is 69.8 Å². The van der Waals surface area contributed by atoms with Gasteiger partial charge in [0.1, 0.15) is 0 Å². The molecule has 0 fully saturated rings. The van der Waals surface area contributed by atoms with Crippen LogP contribution in [0.4, 0.5) is 0 Å². The van der Waals surface area contributed by atoms with Crippen LogP contribution < -0.4 is 11.1 Å². The highest BCUT2D eigenvalue weighted by molar-refractivity contribution is 5.85. The zero-order valence-electron chi connectivity index (χ0n) is 11.3. The summed E-state index contributed by atoms with van der Waals surface area (Å²) in [5.74, 6) is -0.534. The Labute approximate surface area is 108 Å². The number of nitrogens with zero attached hydrogens (tertiary/aromatic N) is 1. The molecular weight excluding hydrogens is 238 g/mol. The van der Waals surface area contributed by atoms with Crippen molar-refractivity contribution in [2.75, 3.05) is 47.1 Å². The molecule has 0 aromatic carbocycles. The van der Waals surface area contributed by atoms with Crippen LogP contribution in [0.2, 0.25) is 0 Å². The first-order valence-corrected chi connectivity index (χ1v) is 5.80. The van der Waals surface area contributed by atoms with Gasteiger partial charge in [-0.1, -0.05) is 0 Å². The lowest BCUT2D eigenvalue weighted by Crippen LogP contribution is -2.48. The van der Waals surface area contributed by atoms with Gasteiger partial charge in [-0.05, 0) is 6.92 Å². The summed E-state index contributed by atoms with van der Waals surface area (Å²) in [7, 11) is 3.14. The van der Waals surface area contributed by atoms with Gasteiger partial charge in [0, 0.05) is 20.8 Å². The third-order valence-corrected chi connectivity index (χ3v) is 2.42. The molecule has 1 atom stereocenters. The molecular formula is C11H23N3O4. The summed E-state index contributed by atoms with van der Waals surface area (Å²) in [4.78, 5) is 24.6. The van der Waals surface area contributed by atoms with Gasteiger partial charge in [-0.3, -0.25) is 9.59 Å². The molecule has 0 heterocycles. The first-order chi connectivity index (χ1) is 8.56. The number of rotatable bonds is 9. The Balaban J connectivity index is 4.34. The highest BCUT2D eigenvalue weighted by Gasteiger charge is 2.19. The van der Waals surface area contributed by atoms with Gasteiger partial charge in [0.15, 0.2) is 0 Å². The minimum atomic E-state index is -0.352. The molecule has 0 rings (SSSR count). The van der Waals surface area contributed by atoms with E-state index in [-0.39, 0.29) is 30.9 Å². The van der Waals surface area contributed by atoms with E-state index in [9.17, 15) is 9.59 Å². The molecule has 0 spiro atoms. The van der Waals surface area contributed by atoms with Crippen molar-refractivity contribution in [3.63, 3.8) is 0 Å². The van der Waals surface area contributed by atoms with Gasteiger partial charge in [0.05, 0.1) is 32.3 Å². The number of ether oxygens (including phenoxy) is 2. The lowest BCUT2D eigenvalue weighted by Gasteiger charge is -2.28. The third kappa shape index (κ3) is 6.53. The first-order valence-electron chi connectivity index (χ1n) is 5.80. The van der Waals surface area contributed by atoms with E-state index in [1.807, 2.05) is 6.92 Å². The fraction of sp³-hybridized carbons (Fsp3) is 0.818. The number of carbonyl (C=O) groups excluding carboxylic acids is 2. The van der Waals surface area contributed by atoms with Crippen LogP contribution in [0.5, 0.6) is 0 Å². The van der Waals surface area contributed by atoms with Gasteiger partial charge >= 0.3 is 0 Å². The van der Waals surface area contributed by atoms with Crippen molar-refractivity contribution >= 4 is 11.8 Å². The van der Waals surface area contributed by atoms with Gasteiger partial charge in [-0.15, -0.1) is 0 Å². The van der Waals surface area contributed by atoms with Crippen LogP contribution in [0.1, 0.15) is 6.92 Å². The highest BCUT2D eigenvalue weighted by atomic mass is 16.5. The molecule has 1 unspecified atom stereocenters. The average molecular weight is 261 g/mol. The van der Waals surface area contributed by atoms with Crippen LogP contribution >= 0.6 is 0 Å². The number of methoxy groups -OCH3 is 2. The predicted molar refractivity (Wildman–Crippen MR) is 67.0 cm³/mol. The normalized spacial score (nSPS) is 12.0. The Morgan fingerprint density at radius 3 is 2.50 bits per heavy atom. The molecule has 7 heteroatoms. The van der Waals surface area contributed by atoms with Gasteiger partial charge in [-0.25, -0.2) is 0 Å². The number of nitrogens with one attached hydrogen (secondary N) is 1. The summed E-state index contributed by atoms with van der Waals surface area (Å²) in [6.45, 7) is 3.01.